The van der Waals surface area contributed by atoms with Crippen molar-refractivity contribution in [3.8, 4) is 11.5 Å². The molecule has 3 aliphatic carbocycles. The topological polar surface area (TPSA) is 93.7 Å². The summed E-state index contributed by atoms with van der Waals surface area (Å²) in [6.45, 7) is 1.51. The lowest BCUT2D eigenvalue weighted by Crippen LogP contribution is -2.68. The molecule has 3 saturated carbocycles. The van der Waals surface area contributed by atoms with E-state index >= 15 is 0 Å². The number of hydrogen-bond donors (Lipinski definition) is 2. The number of rotatable bonds is 10. The van der Waals surface area contributed by atoms with Crippen LogP contribution in [-0.4, -0.2) is 42.4 Å². The minimum Gasteiger partial charge on any atom is -0.484 e. The van der Waals surface area contributed by atoms with Crippen molar-refractivity contribution in [2.45, 2.75) is 56.5 Å². The van der Waals surface area contributed by atoms with E-state index in [-0.39, 0.29) is 35.8 Å². The number of aldehydes is 1. The number of halogens is 3. The summed E-state index contributed by atoms with van der Waals surface area (Å²) in [6.07, 6.45) is 4.33. The highest BCUT2D eigenvalue weighted by atomic mass is 35.5. The number of fused-ring (bicyclic) bond motifs is 3. The molecule has 0 unspecified atom stereocenters. The number of carbonyl (C=O) groups excluding carboxylic acids is 3. The number of hydrogen-bond acceptors (Lipinski definition) is 5. The van der Waals surface area contributed by atoms with Gasteiger partial charge in [0.25, 0.3) is 11.8 Å². The molecular formula is C27H29Cl2FN2O5. The molecule has 2 N–H and O–H groups in total. The van der Waals surface area contributed by atoms with Gasteiger partial charge < -0.3 is 24.9 Å². The number of amides is 2. The zero-order valence-electron chi connectivity index (χ0n) is 20.5. The van der Waals surface area contributed by atoms with Crippen molar-refractivity contribution in [2.24, 2.45) is 5.92 Å². The van der Waals surface area contributed by atoms with Crippen LogP contribution in [0.15, 0.2) is 36.4 Å². The molecule has 7 nitrogen and oxygen atoms in total. The van der Waals surface area contributed by atoms with Gasteiger partial charge in [-0.15, -0.1) is 0 Å². The highest BCUT2D eigenvalue weighted by Gasteiger charge is 2.55. The molecule has 0 heterocycles. The molecule has 3 aliphatic rings. The fourth-order valence-corrected chi connectivity index (χ4v) is 5.73. The molecule has 2 aromatic carbocycles. The first-order valence-electron chi connectivity index (χ1n) is 12.2. The summed E-state index contributed by atoms with van der Waals surface area (Å²) in [5.74, 6) is -0.996. The van der Waals surface area contributed by atoms with Crippen LogP contribution in [0.2, 0.25) is 10.0 Å². The Hall–Kier alpha value is -2.84. The summed E-state index contributed by atoms with van der Waals surface area (Å²) < 4.78 is 24.7. The molecule has 2 amide bonds. The second kappa shape index (κ2) is 11.3. The van der Waals surface area contributed by atoms with E-state index in [4.69, 9.17) is 32.7 Å². The smallest absolute Gasteiger partial charge is 0.258 e. The SMILES string of the molecule is CCc1cc(OCC(=O)NC23CCC(NC(=O)COc4ccc(Cl)c(F)c4)(CC2)C[C@@H]3C=O)ccc1Cl. The van der Waals surface area contributed by atoms with Crippen LogP contribution in [0.25, 0.3) is 0 Å². The molecule has 2 bridgehead atoms. The highest BCUT2D eigenvalue weighted by Crippen LogP contribution is 2.49. The lowest BCUT2D eigenvalue weighted by molar-refractivity contribution is -0.135. The Morgan fingerprint density at radius 1 is 0.973 bits per heavy atom. The molecule has 37 heavy (non-hydrogen) atoms. The predicted octanol–water partition coefficient (Wildman–Crippen LogP) is 4.66. The van der Waals surface area contributed by atoms with E-state index in [1.807, 2.05) is 13.0 Å². The predicted molar refractivity (Wildman–Crippen MR) is 138 cm³/mol. The Labute approximate surface area is 225 Å². The van der Waals surface area contributed by atoms with E-state index in [9.17, 15) is 18.8 Å². The van der Waals surface area contributed by atoms with E-state index < -0.39 is 22.8 Å². The minimum atomic E-state index is -0.666. The number of nitrogens with one attached hydrogen (secondary N) is 2. The molecule has 0 radical (unpaired) electrons. The quantitative estimate of drug-likeness (QED) is 0.420. The normalized spacial score (nSPS) is 24.3. The van der Waals surface area contributed by atoms with Gasteiger partial charge in [0.1, 0.15) is 23.6 Å². The zero-order valence-corrected chi connectivity index (χ0v) is 22.0. The molecule has 5 rings (SSSR count). The fourth-order valence-electron chi connectivity index (χ4n) is 5.36. The van der Waals surface area contributed by atoms with Crippen LogP contribution in [-0.2, 0) is 20.8 Å². The third-order valence-electron chi connectivity index (χ3n) is 7.41. The third-order valence-corrected chi connectivity index (χ3v) is 8.08. The van der Waals surface area contributed by atoms with E-state index in [0.717, 1.165) is 24.3 Å². The van der Waals surface area contributed by atoms with E-state index in [0.29, 0.717) is 42.9 Å². The minimum absolute atomic E-state index is 0.0299. The first-order valence-corrected chi connectivity index (χ1v) is 13.0. The van der Waals surface area contributed by atoms with Gasteiger partial charge in [-0.2, -0.15) is 0 Å². The van der Waals surface area contributed by atoms with Gasteiger partial charge in [0.2, 0.25) is 0 Å². The zero-order chi connectivity index (χ0) is 26.6. The second-order valence-electron chi connectivity index (χ2n) is 9.74. The molecular weight excluding hydrogens is 522 g/mol. The van der Waals surface area contributed by atoms with Crippen molar-refractivity contribution in [1.29, 1.82) is 0 Å². The fraction of sp³-hybridized carbons (Fsp3) is 0.444. The first kappa shape index (κ1) is 27.2. The Morgan fingerprint density at radius 3 is 2.16 bits per heavy atom. The third kappa shape index (κ3) is 6.18. The second-order valence-corrected chi connectivity index (χ2v) is 10.6. The monoisotopic (exact) mass is 550 g/mol. The largest absolute Gasteiger partial charge is 0.484 e. The standard InChI is InChI=1S/C27H29Cl2FN2O5/c1-2-17-11-19(3-5-21(17)28)36-16-25(35)32-27-9-7-26(8-10-27,13-18(27)14-33)31-24(34)15-37-20-4-6-22(29)23(30)12-20/h3-6,11-12,14,18H,2,7-10,13,15-16H2,1H3,(H,31,34)(H,32,35)/t18-,26?,27?/m1/s1. The Kier molecular flexibility index (Phi) is 8.29. The van der Waals surface area contributed by atoms with Gasteiger partial charge in [-0.25, -0.2) is 4.39 Å². The van der Waals surface area contributed by atoms with Crippen molar-refractivity contribution in [1.82, 2.24) is 10.6 Å². The van der Waals surface area contributed by atoms with E-state index in [1.54, 1.807) is 12.1 Å². The van der Waals surface area contributed by atoms with E-state index in [1.165, 1.54) is 12.1 Å². The maximum Gasteiger partial charge on any atom is 0.258 e. The van der Waals surface area contributed by atoms with Crippen LogP contribution in [0.1, 0.15) is 44.6 Å². The van der Waals surface area contributed by atoms with Gasteiger partial charge in [-0.3, -0.25) is 9.59 Å². The molecule has 2 aromatic rings. The van der Waals surface area contributed by atoms with Crippen LogP contribution >= 0.6 is 23.2 Å². The maximum atomic E-state index is 13.6. The highest BCUT2D eigenvalue weighted by molar-refractivity contribution is 6.31. The van der Waals surface area contributed by atoms with Crippen LogP contribution in [0.5, 0.6) is 11.5 Å². The van der Waals surface area contributed by atoms with E-state index in [2.05, 4.69) is 10.6 Å². The summed E-state index contributed by atoms with van der Waals surface area (Å²) >= 11 is 11.8. The summed E-state index contributed by atoms with van der Waals surface area (Å²) in [7, 11) is 0. The Bertz CT molecular complexity index is 1180. The molecule has 1 atom stereocenters. The number of aryl methyl sites for hydroxylation is 1. The molecule has 198 valence electrons. The molecule has 3 fully saturated rings. The molecule has 0 spiro atoms. The summed E-state index contributed by atoms with van der Waals surface area (Å²) in [4.78, 5) is 37.4. The van der Waals surface area contributed by atoms with Crippen LogP contribution < -0.4 is 20.1 Å². The summed E-state index contributed by atoms with van der Waals surface area (Å²) in [5.41, 5.74) is -0.288. The number of ether oxygens (including phenoxy) is 2. The molecule has 10 heteroatoms. The van der Waals surface area contributed by atoms with Gasteiger partial charge in [-0.1, -0.05) is 30.1 Å². The Morgan fingerprint density at radius 2 is 1.57 bits per heavy atom. The van der Waals surface area contributed by atoms with Crippen molar-refractivity contribution < 1.29 is 28.2 Å². The van der Waals surface area contributed by atoms with Crippen LogP contribution in [0.4, 0.5) is 4.39 Å². The maximum absolute atomic E-state index is 13.6. The average molecular weight is 551 g/mol. The van der Waals surface area contributed by atoms with Gasteiger partial charge in [0, 0.05) is 28.1 Å². The van der Waals surface area contributed by atoms with Gasteiger partial charge in [-0.05, 0) is 74.4 Å². The number of carbonyl (C=O) groups is 3. The molecule has 0 aromatic heterocycles. The summed E-state index contributed by atoms with van der Waals surface area (Å²) in [6, 6.07) is 9.23. The van der Waals surface area contributed by atoms with Gasteiger partial charge >= 0.3 is 0 Å². The first-order chi connectivity index (χ1) is 17.7. The molecule has 0 aliphatic heterocycles. The summed E-state index contributed by atoms with van der Waals surface area (Å²) in [5, 5.41) is 6.70. The van der Waals surface area contributed by atoms with Gasteiger partial charge in [0.15, 0.2) is 13.2 Å². The van der Waals surface area contributed by atoms with Crippen molar-refractivity contribution >= 4 is 41.3 Å². The lowest BCUT2D eigenvalue weighted by atomic mass is 9.56. The average Bonchev–Trinajstić information content (AvgIpc) is 2.89. The number of benzene rings is 2. The molecule has 0 saturated heterocycles. The lowest BCUT2D eigenvalue weighted by Gasteiger charge is -2.56. The Balaban J connectivity index is 1.31. The van der Waals surface area contributed by atoms with Crippen LogP contribution in [0, 0.1) is 11.7 Å². The van der Waals surface area contributed by atoms with Crippen molar-refractivity contribution in [3.05, 3.63) is 57.8 Å². The van der Waals surface area contributed by atoms with Gasteiger partial charge in [0.05, 0.1) is 5.02 Å². The van der Waals surface area contributed by atoms with Crippen LogP contribution in [0.3, 0.4) is 0 Å². The van der Waals surface area contributed by atoms with Crippen molar-refractivity contribution in [2.75, 3.05) is 13.2 Å². The van der Waals surface area contributed by atoms with Crippen molar-refractivity contribution in [3.63, 3.8) is 0 Å².